The van der Waals surface area contributed by atoms with E-state index in [2.05, 4.69) is 95.4 Å². The van der Waals surface area contributed by atoms with Crippen LogP contribution in [0.25, 0.3) is 12.2 Å². The molecule has 0 spiro atoms. The first-order valence-corrected chi connectivity index (χ1v) is 9.93. The second-order valence-corrected chi connectivity index (χ2v) is 6.66. The minimum atomic E-state index is 0. The largest absolute Gasteiger partial charge is 0.353 e. The number of allylic oxidation sites excluding steroid dienone is 2. The normalized spacial score (nSPS) is 13.1. The van der Waals surface area contributed by atoms with Crippen molar-refractivity contribution in [2.24, 2.45) is 10.1 Å². The number of hydrazone groups is 1. The molecule has 0 amide bonds. The van der Waals surface area contributed by atoms with Gasteiger partial charge in [-0.1, -0.05) is 74.5 Å². The number of rotatable bonds is 7. The molecule has 0 bridgehead atoms. The standard InChI is InChI=1S/C24H28N4.BrH/c1-3-19-5-9-21(10-6-19)13-15-23(27-28-24-25-17-18-26-24)16-14-22-11-7-20(4-2)8-12-22;/h5-16H,3-4,17-18H2,1-2H3,(H2,25,26,28);1H. The second kappa shape index (κ2) is 12.0. The number of halogens is 1. The number of benzene rings is 2. The first-order valence-electron chi connectivity index (χ1n) is 9.93. The predicted octanol–water partition coefficient (Wildman–Crippen LogP) is 5.02. The monoisotopic (exact) mass is 452 g/mol. The molecule has 0 aliphatic carbocycles. The summed E-state index contributed by atoms with van der Waals surface area (Å²) >= 11 is 0. The number of guanidine groups is 1. The van der Waals surface area contributed by atoms with Gasteiger partial charge < -0.3 is 5.32 Å². The number of nitrogens with zero attached hydrogens (tertiary/aromatic N) is 2. The Balaban J connectivity index is 0.00000300. The summed E-state index contributed by atoms with van der Waals surface area (Å²) < 4.78 is 0. The molecule has 2 aromatic rings. The van der Waals surface area contributed by atoms with Gasteiger partial charge in [0, 0.05) is 6.54 Å². The predicted molar refractivity (Wildman–Crippen MR) is 131 cm³/mol. The summed E-state index contributed by atoms with van der Waals surface area (Å²) in [7, 11) is 0. The third-order valence-corrected chi connectivity index (χ3v) is 4.63. The number of hydrogen-bond donors (Lipinski definition) is 2. The Labute approximate surface area is 184 Å². The average molecular weight is 453 g/mol. The maximum atomic E-state index is 4.50. The van der Waals surface area contributed by atoms with Crippen LogP contribution in [0.2, 0.25) is 0 Å². The number of hydrogen-bond acceptors (Lipinski definition) is 4. The van der Waals surface area contributed by atoms with E-state index in [1.54, 1.807) is 0 Å². The fourth-order valence-electron chi connectivity index (χ4n) is 2.81. The van der Waals surface area contributed by atoms with Crippen LogP contribution in [0.1, 0.15) is 36.1 Å². The van der Waals surface area contributed by atoms with Gasteiger partial charge >= 0.3 is 0 Å². The maximum Gasteiger partial charge on any atom is 0.212 e. The van der Waals surface area contributed by atoms with Crippen molar-refractivity contribution in [3.05, 3.63) is 82.9 Å². The van der Waals surface area contributed by atoms with Crippen LogP contribution in [-0.2, 0) is 12.8 Å². The molecule has 1 heterocycles. The van der Waals surface area contributed by atoms with Crippen molar-refractivity contribution in [3.63, 3.8) is 0 Å². The van der Waals surface area contributed by atoms with Crippen LogP contribution in [0.4, 0.5) is 0 Å². The van der Waals surface area contributed by atoms with Crippen LogP contribution in [0, 0.1) is 0 Å². The first-order chi connectivity index (χ1) is 13.8. The third kappa shape index (κ3) is 7.35. The van der Waals surface area contributed by atoms with Crippen molar-refractivity contribution >= 4 is 40.8 Å². The Bertz CT molecular complexity index is 819. The topological polar surface area (TPSA) is 48.8 Å². The molecule has 29 heavy (non-hydrogen) atoms. The Kier molecular flexibility index (Phi) is 9.38. The van der Waals surface area contributed by atoms with Crippen molar-refractivity contribution in [2.45, 2.75) is 26.7 Å². The van der Waals surface area contributed by atoms with Gasteiger partial charge in [-0.2, -0.15) is 5.10 Å². The summed E-state index contributed by atoms with van der Waals surface area (Å²) in [5.74, 6) is 0.721. The smallest absolute Gasteiger partial charge is 0.212 e. The van der Waals surface area contributed by atoms with E-state index >= 15 is 0 Å². The molecule has 1 aliphatic rings. The second-order valence-electron chi connectivity index (χ2n) is 6.66. The molecule has 152 valence electrons. The molecule has 0 saturated carbocycles. The zero-order valence-corrected chi connectivity index (χ0v) is 18.8. The third-order valence-electron chi connectivity index (χ3n) is 4.63. The molecule has 2 N–H and O–H groups in total. The Morgan fingerprint density at radius 3 is 1.86 bits per heavy atom. The Morgan fingerprint density at radius 2 is 1.45 bits per heavy atom. The summed E-state index contributed by atoms with van der Waals surface area (Å²) in [6.45, 7) is 5.97. The van der Waals surface area contributed by atoms with Crippen LogP contribution >= 0.6 is 17.0 Å². The molecule has 4 nitrogen and oxygen atoms in total. The van der Waals surface area contributed by atoms with Crippen LogP contribution < -0.4 is 10.7 Å². The SMILES string of the molecule is Br.CCc1ccc(C=CC(C=Cc2ccc(CC)cc2)=NNC2=NCCN2)cc1. The lowest BCUT2D eigenvalue weighted by Gasteiger charge is -2.02. The molecule has 1 aliphatic heterocycles. The van der Waals surface area contributed by atoms with Gasteiger partial charge in [0.05, 0.1) is 12.3 Å². The van der Waals surface area contributed by atoms with E-state index < -0.39 is 0 Å². The van der Waals surface area contributed by atoms with Crippen LogP contribution in [0.5, 0.6) is 0 Å². The van der Waals surface area contributed by atoms with Gasteiger partial charge in [-0.05, 0) is 47.2 Å². The number of aliphatic imine (C=N–C) groups is 1. The molecule has 5 heteroatoms. The van der Waals surface area contributed by atoms with Gasteiger partial charge in [-0.15, -0.1) is 17.0 Å². The molecule has 0 fully saturated rings. The van der Waals surface area contributed by atoms with Gasteiger partial charge in [0.25, 0.3) is 0 Å². The summed E-state index contributed by atoms with van der Waals surface area (Å²) in [6, 6.07) is 17.2. The quantitative estimate of drug-likeness (QED) is 0.457. The highest BCUT2D eigenvalue weighted by Gasteiger charge is 2.02. The van der Waals surface area contributed by atoms with E-state index in [0.29, 0.717) is 0 Å². The van der Waals surface area contributed by atoms with E-state index in [1.165, 1.54) is 11.1 Å². The van der Waals surface area contributed by atoms with Crippen molar-refractivity contribution in [1.82, 2.24) is 10.7 Å². The molecule has 0 saturated heterocycles. The molecule has 2 aromatic carbocycles. The Morgan fingerprint density at radius 1 is 0.931 bits per heavy atom. The molecule has 0 unspecified atom stereocenters. The van der Waals surface area contributed by atoms with Crippen molar-refractivity contribution < 1.29 is 0 Å². The minimum absolute atomic E-state index is 0. The van der Waals surface area contributed by atoms with E-state index in [1.807, 2.05) is 12.2 Å². The molecule has 0 atom stereocenters. The van der Waals surface area contributed by atoms with E-state index in [4.69, 9.17) is 0 Å². The summed E-state index contributed by atoms with van der Waals surface area (Å²) in [5.41, 5.74) is 8.84. The van der Waals surface area contributed by atoms with E-state index in [0.717, 1.165) is 48.7 Å². The van der Waals surface area contributed by atoms with Gasteiger partial charge in [0.2, 0.25) is 5.96 Å². The summed E-state index contributed by atoms with van der Waals surface area (Å²) in [4.78, 5) is 4.32. The highest BCUT2D eigenvalue weighted by atomic mass is 79.9. The molecular formula is C24H29BrN4. The van der Waals surface area contributed by atoms with Crippen LogP contribution in [0.3, 0.4) is 0 Å². The van der Waals surface area contributed by atoms with Gasteiger partial charge in [-0.25, -0.2) is 10.4 Å². The molecule has 0 radical (unpaired) electrons. The fourth-order valence-corrected chi connectivity index (χ4v) is 2.81. The molecule has 3 rings (SSSR count). The van der Waals surface area contributed by atoms with Crippen molar-refractivity contribution in [2.75, 3.05) is 13.1 Å². The number of aryl methyl sites for hydroxylation is 2. The van der Waals surface area contributed by atoms with Crippen LogP contribution in [0.15, 0.2) is 70.8 Å². The van der Waals surface area contributed by atoms with Crippen LogP contribution in [-0.4, -0.2) is 24.8 Å². The van der Waals surface area contributed by atoms with Gasteiger partial charge in [0.1, 0.15) is 0 Å². The average Bonchev–Trinajstić information content (AvgIpc) is 3.27. The zero-order valence-electron chi connectivity index (χ0n) is 17.1. The fraction of sp³-hybridized carbons (Fsp3) is 0.250. The van der Waals surface area contributed by atoms with E-state index in [-0.39, 0.29) is 17.0 Å². The van der Waals surface area contributed by atoms with Crippen molar-refractivity contribution in [1.29, 1.82) is 0 Å². The molecular weight excluding hydrogens is 424 g/mol. The highest BCUT2D eigenvalue weighted by Crippen LogP contribution is 2.09. The first kappa shape index (κ1) is 22.6. The maximum absolute atomic E-state index is 4.50. The van der Waals surface area contributed by atoms with Gasteiger partial charge in [0.15, 0.2) is 0 Å². The van der Waals surface area contributed by atoms with E-state index in [9.17, 15) is 0 Å². The Hall–Kier alpha value is -2.66. The summed E-state index contributed by atoms with van der Waals surface area (Å²) in [6.07, 6.45) is 10.3. The highest BCUT2D eigenvalue weighted by molar-refractivity contribution is 8.93. The molecule has 0 aromatic heterocycles. The van der Waals surface area contributed by atoms with Crippen molar-refractivity contribution in [3.8, 4) is 0 Å². The lowest BCUT2D eigenvalue weighted by molar-refractivity contribution is 0.918. The van der Waals surface area contributed by atoms with Gasteiger partial charge in [-0.3, -0.25) is 0 Å². The zero-order chi connectivity index (χ0) is 19.6. The lowest BCUT2D eigenvalue weighted by Crippen LogP contribution is -2.30. The number of nitrogens with one attached hydrogen (secondary N) is 2. The minimum Gasteiger partial charge on any atom is -0.353 e. The lowest BCUT2D eigenvalue weighted by atomic mass is 10.1. The summed E-state index contributed by atoms with van der Waals surface area (Å²) in [5, 5.41) is 7.67.